The van der Waals surface area contributed by atoms with Gasteiger partial charge < -0.3 is 4.74 Å². The molecule has 7 heteroatoms. The molecule has 1 aromatic heterocycles. The first-order valence-corrected chi connectivity index (χ1v) is 5.88. The number of hydrogen-bond acceptors (Lipinski definition) is 4. The van der Waals surface area contributed by atoms with Crippen molar-refractivity contribution in [3.8, 4) is 5.75 Å². The third kappa shape index (κ3) is 3.00. The summed E-state index contributed by atoms with van der Waals surface area (Å²) in [4.78, 5) is 10.4. The van der Waals surface area contributed by atoms with Crippen LogP contribution >= 0.6 is 23.2 Å². The zero-order valence-corrected chi connectivity index (χ0v) is 10.7. The van der Waals surface area contributed by atoms with Crippen LogP contribution in [0.5, 0.6) is 5.75 Å². The zero-order chi connectivity index (χ0) is 13.0. The predicted octanol–water partition coefficient (Wildman–Crippen LogP) is 2.48. The highest BCUT2D eigenvalue weighted by atomic mass is 35.5. The van der Waals surface area contributed by atoms with Gasteiger partial charge in [-0.25, -0.2) is 4.68 Å². The van der Waals surface area contributed by atoms with Crippen molar-refractivity contribution >= 4 is 29.5 Å². The molecule has 0 fully saturated rings. The number of hydrogen-bond donors (Lipinski definition) is 0. The normalized spacial score (nSPS) is 10.3. The highest BCUT2D eigenvalue weighted by Crippen LogP contribution is 2.32. The van der Waals surface area contributed by atoms with E-state index in [1.54, 1.807) is 18.2 Å². The molecule has 0 aliphatic carbocycles. The summed E-state index contributed by atoms with van der Waals surface area (Å²) in [6.07, 6.45) is 2.17. The monoisotopic (exact) mass is 285 g/mol. The lowest BCUT2D eigenvalue weighted by Gasteiger charge is -2.09. The summed E-state index contributed by atoms with van der Waals surface area (Å²) in [5.41, 5.74) is 0.283. The van der Waals surface area contributed by atoms with Gasteiger partial charge in [0.1, 0.15) is 12.3 Å². The number of rotatable bonds is 5. The number of para-hydroxylation sites is 1. The molecule has 0 aliphatic heterocycles. The summed E-state index contributed by atoms with van der Waals surface area (Å²) < 4.78 is 6.98. The van der Waals surface area contributed by atoms with E-state index in [4.69, 9.17) is 27.9 Å². The van der Waals surface area contributed by atoms with Crippen LogP contribution in [0.4, 0.5) is 0 Å². The molecule has 0 spiro atoms. The second-order valence-corrected chi connectivity index (χ2v) is 4.24. The second kappa shape index (κ2) is 5.84. The number of aldehydes is 1. The minimum absolute atomic E-state index is 0.283. The molecule has 1 aromatic carbocycles. The van der Waals surface area contributed by atoms with Crippen LogP contribution in [0.2, 0.25) is 10.0 Å². The Morgan fingerprint density at radius 3 is 2.67 bits per heavy atom. The molecule has 0 bridgehead atoms. The molecule has 0 saturated carbocycles. The van der Waals surface area contributed by atoms with Crippen molar-refractivity contribution < 1.29 is 9.53 Å². The second-order valence-electron chi connectivity index (χ2n) is 3.42. The molecular formula is C11H9Cl2N3O2. The van der Waals surface area contributed by atoms with Crippen LogP contribution in [-0.4, -0.2) is 27.9 Å². The molecule has 0 unspecified atom stereocenters. The summed E-state index contributed by atoms with van der Waals surface area (Å²) in [6.45, 7) is 0.771. The molecule has 5 nitrogen and oxygen atoms in total. The van der Waals surface area contributed by atoms with E-state index in [-0.39, 0.29) is 5.69 Å². The standard InChI is InChI=1S/C11H9Cl2N3O2/c12-9-2-1-3-10(13)11(9)18-5-4-16-6-8(7-17)14-15-16/h1-3,6-7H,4-5H2. The van der Waals surface area contributed by atoms with Crippen molar-refractivity contribution in [2.45, 2.75) is 6.54 Å². The maximum atomic E-state index is 10.4. The van der Waals surface area contributed by atoms with Crippen LogP contribution in [0.3, 0.4) is 0 Å². The number of carbonyl (C=O) groups is 1. The number of ether oxygens (including phenoxy) is 1. The Morgan fingerprint density at radius 2 is 2.06 bits per heavy atom. The predicted molar refractivity (Wildman–Crippen MR) is 67.4 cm³/mol. The Hall–Kier alpha value is -1.59. The van der Waals surface area contributed by atoms with Gasteiger partial charge in [-0.3, -0.25) is 4.79 Å². The van der Waals surface area contributed by atoms with Gasteiger partial charge in [-0.05, 0) is 12.1 Å². The molecule has 18 heavy (non-hydrogen) atoms. The smallest absolute Gasteiger partial charge is 0.171 e. The Balaban J connectivity index is 1.94. The van der Waals surface area contributed by atoms with E-state index < -0.39 is 0 Å². The Morgan fingerprint density at radius 1 is 1.33 bits per heavy atom. The first-order chi connectivity index (χ1) is 8.70. The lowest BCUT2D eigenvalue weighted by atomic mass is 10.3. The van der Waals surface area contributed by atoms with Crippen LogP contribution in [0, 0.1) is 0 Å². The molecule has 0 aliphatic rings. The van der Waals surface area contributed by atoms with Crippen LogP contribution in [0.25, 0.3) is 0 Å². The molecule has 2 aromatic rings. The molecule has 94 valence electrons. The van der Waals surface area contributed by atoms with Gasteiger partial charge in [0.15, 0.2) is 12.0 Å². The van der Waals surface area contributed by atoms with Crippen molar-refractivity contribution in [2.24, 2.45) is 0 Å². The molecule has 0 amide bonds. The SMILES string of the molecule is O=Cc1cn(CCOc2c(Cl)cccc2Cl)nn1. The number of halogens is 2. The van der Waals surface area contributed by atoms with Crippen LogP contribution < -0.4 is 4.74 Å². The van der Waals surface area contributed by atoms with Gasteiger partial charge in [-0.1, -0.05) is 34.5 Å². The number of nitrogens with zero attached hydrogens (tertiary/aromatic N) is 3. The van der Waals surface area contributed by atoms with Crippen molar-refractivity contribution in [1.82, 2.24) is 15.0 Å². The van der Waals surface area contributed by atoms with Crippen LogP contribution in [0.1, 0.15) is 10.5 Å². The quantitative estimate of drug-likeness (QED) is 0.792. The van der Waals surface area contributed by atoms with E-state index in [2.05, 4.69) is 10.3 Å². The summed E-state index contributed by atoms with van der Waals surface area (Å²) in [6, 6.07) is 5.14. The number of aromatic nitrogens is 3. The molecule has 0 atom stereocenters. The van der Waals surface area contributed by atoms with Gasteiger partial charge in [0.25, 0.3) is 0 Å². The minimum atomic E-state index is 0.283. The van der Waals surface area contributed by atoms with Crippen molar-refractivity contribution in [3.05, 3.63) is 40.1 Å². The third-order valence-electron chi connectivity index (χ3n) is 2.16. The Labute approximate surface area is 113 Å². The topological polar surface area (TPSA) is 57.0 Å². The van der Waals surface area contributed by atoms with E-state index >= 15 is 0 Å². The maximum Gasteiger partial charge on any atom is 0.171 e. The Bertz CT molecular complexity index is 537. The van der Waals surface area contributed by atoms with E-state index in [1.165, 1.54) is 10.9 Å². The van der Waals surface area contributed by atoms with Crippen molar-refractivity contribution in [1.29, 1.82) is 0 Å². The van der Waals surface area contributed by atoms with Gasteiger partial charge in [-0.15, -0.1) is 5.10 Å². The lowest BCUT2D eigenvalue weighted by molar-refractivity contribution is 0.111. The summed E-state index contributed by atoms with van der Waals surface area (Å²) in [5, 5.41) is 8.29. The van der Waals surface area contributed by atoms with Gasteiger partial charge in [-0.2, -0.15) is 0 Å². The summed E-state index contributed by atoms with van der Waals surface area (Å²) in [5.74, 6) is 0.441. The van der Waals surface area contributed by atoms with E-state index in [9.17, 15) is 4.79 Å². The number of carbonyl (C=O) groups excluding carboxylic acids is 1. The zero-order valence-electron chi connectivity index (χ0n) is 9.22. The van der Waals surface area contributed by atoms with Gasteiger partial charge in [0.2, 0.25) is 0 Å². The fourth-order valence-corrected chi connectivity index (χ4v) is 1.84. The fourth-order valence-electron chi connectivity index (χ4n) is 1.34. The van der Waals surface area contributed by atoms with Gasteiger partial charge in [0, 0.05) is 0 Å². The third-order valence-corrected chi connectivity index (χ3v) is 2.76. The first kappa shape index (κ1) is 12.9. The molecule has 1 heterocycles. The van der Waals surface area contributed by atoms with Gasteiger partial charge in [0.05, 0.1) is 22.8 Å². The molecule has 0 N–H and O–H groups in total. The van der Waals surface area contributed by atoms with E-state index in [0.717, 1.165) is 0 Å². The average Bonchev–Trinajstić information content (AvgIpc) is 2.81. The highest BCUT2D eigenvalue weighted by Gasteiger charge is 2.06. The summed E-state index contributed by atoms with van der Waals surface area (Å²) in [7, 11) is 0. The first-order valence-electron chi connectivity index (χ1n) is 5.13. The van der Waals surface area contributed by atoms with E-state index in [1.807, 2.05) is 0 Å². The van der Waals surface area contributed by atoms with Gasteiger partial charge >= 0.3 is 0 Å². The van der Waals surface area contributed by atoms with E-state index in [0.29, 0.717) is 35.2 Å². The average molecular weight is 286 g/mol. The molecule has 0 radical (unpaired) electrons. The summed E-state index contributed by atoms with van der Waals surface area (Å²) >= 11 is 11.9. The maximum absolute atomic E-state index is 10.4. The van der Waals surface area contributed by atoms with Crippen molar-refractivity contribution in [3.63, 3.8) is 0 Å². The molecule has 2 rings (SSSR count). The van der Waals surface area contributed by atoms with Crippen LogP contribution in [0.15, 0.2) is 24.4 Å². The molecular weight excluding hydrogens is 277 g/mol. The molecule has 0 saturated heterocycles. The highest BCUT2D eigenvalue weighted by molar-refractivity contribution is 6.37. The fraction of sp³-hybridized carbons (Fsp3) is 0.182. The number of benzene rings is 1. The van der Waals surface area contributed by atoms with Crippen molar-refractivity contribution in [2.75, 3.05) is 6.61 Å². The Kier molecular flexibility index (Phi) is 4.17. The largest absolute Gasteiger partial charge is 0.489 e. The minimum Gasteiger partial charge on any atom is -0.489 e. The lowest BCUT2D eigenvalue weighted by Crippen LogP contribution is -2.09. The van der Waals surface area contributed by atoms with Crippen LogP contribution in [-0.2, 0) is 6.54 Å².